The van der Waals surface area contributed by atoms with E-state index in [1.54, 1.807) is 12.4 Å². The zero-order valence-electron chi connectivity index (χ0n) is 11.2. The average molecular weight is 264 g/mol. The van der Waals surface area contributed by atoms with Gasteiger partial charge in [-0.25, -0.2) is 4.98 Å². The highest BCUT2D eigenvalue weighted by atomic mass is 16.5. The van der Waals surface area contributed by atoms with E-state index < -0.39 is 0 Å². The van der Waals surface area contributed by atoms with E-state index in [4.69, 9.17) is 10.5 Å². The van der Waals surface area contributed by atoms with Crippen LogP contribution in [0, 0.1) is 0 Å². The predicted molar refractivity (Wildman–Crippen MR) is 72.4 cm³/mol. The van der Waals surface area contributed by atoms with Gasteiger partial charge >= 0.3 is 0 Å². The average Bonchev–Trinajstić information content (AvgIpc) is 3.24. The number of ether oxygens (including phenoxy) is 1. The molecule has 3 rings (SSSR count). The molecule has 0 spiro atoms. The second-order valence-corrected chi connectivity index (χ2v) is 5.39. The number of nitrogens with zero attached hydrogens (tertiary/aromatic N) is 3. The zero-order chi connectivity index (χ0) is 13.4. The van der Waals surface area contributed by atoms with Crippen LogP contribution in [0.25, 0.3) is 0 Å². The largest absolute Gasteiger partial charge is 0.373 e. The van der Waals surface area contributed by atoms with E-state index in [2.05, 4.69) is 4.98 Å². The zero-order valence-corrected chi connectivity index (χ0v) is 11.2. The summed E-state index contributed by atoms with van der Waals surface area (Å²) in [5.74, 6) is 0.531. The van der Waals surface area contributed by atoms with Crippen LogP contribution in [-0.2, 0) is 4.74 Å². The smallest absolute Gasteiger partial charge is 0.293 e. The van der Waals surface area contributed by atoms with Crippen LogP contribution in [-0.4, -0.2) is 41.4 Å². The maximum atomic E-state index is 12.5. The molecule has 6 heteroatoms. The van der Waals surface area contributed by atoms with Crippen LogP contribution < -0.4 is 16.2 Å². The SMILES string of the molecule is CC1COC(CN)CN1c1nccn(C2CC2)c1=O. The molecule has 2 N–H and O–H groups in total. The van der Waals surface area contributed by atoms with Crippen LogP contribution in [0.5, 0.6) is 0 Å². The van der Waals surface area contributed by atoms with Gasteiger partial charge in [0.2, 0.25) is 0 Å². The van der Waals surface area contributed by atoms with Gasteiger partial charge in [-0.15, -0.1) is 0 Å². The molecule has 0 aromatic carbocycles. The summed E-state index contributed by atoms with van der Waals surface area (Å²) in [6.07, 6.45) is 5.66. The first-order valence-electron chi connectivity index (χ1n) is 6.86. The Kier molecular flexibility index (Phi) is 3.28. The second kappa shape index (κ2) is 4.94. The fourth-order valence-corrected chi connectivity index (χ4v) is 2.51. The van der Waals surface area contributed by atoms with Gasteiger partial charge in [0.1, 0.15) is 0 Å². The molecule has 2 aliphatic rings. The fraction of sp³-hybridized carbons (Fsp3) is 0.692. The lowest BCUT2D eigenvalue weighted by Gasteiger charge is -2.38. The maximum absolute atomic E-state index is 12.5. The van der Waals surface area contributed by atoms with Crippen LogP contribution in [0.3, 0.4) is 0 Å². The molecule has 0 radical (unpaired) electrons. The Morgan fingerprint density at radius 3 is 3.00 bits per heavy atom. The van der Waals surface area contributed by atoms with Crippen molar-refractivity contribution < 1.29 is 4.74 Å². The Bertz CT molecular complexity index is 512. The predicted octanol–water partition coefficient (Wildman–Crippen LogP) is 0.131. The minimum absolute atomic E-state index is 0.00882. The lowest BCUT2D eigenvalue weighted by Crippen LogP contribution is -2.52. The first-order chi connectivity index (χ1) is 9.20. The number of rotatable bonds is 3. The van der Waals surface area contributed by atoms with E-state index in [-0.39, 0.29) is 17.7 Å². The molecule has 104 valence electrons. The van der Waals surface area contributed by atoms with Crippen LogP contribution in [0.15, 0.2) is 17.2 Å². The number of aromatic nitrogens is 2. The summed E-state index contributed by atoms with van der Waals surface area (Å²) in [5.41, 5.74) is 5.67. The fourth-order valence-electron chi connectivity index (χ4n) is 2.51. The van der Waals surface area contributed by atoms with Crippen molar-refractivity contribution in [3.05, 3.63) is 22.7 Å². The summed E-state index contributed by atoms with van der Waals surface area (Å²) in [6, 6.07) is 0.522. The van der Waals surface area contributed by atoms with Crippen molar-refractivity contribution in [3.8, 4) is 0 Å². The van der Waals surface area contributed by atoms with Crippen LogP contribution in [0.1, 0.15) is 25.8 Å². The molecule has 2 atom stereocenters. The first kappa shape index (κ1) is 12.6. The topological polar surface area (TPSA) is 73.4 Å². The van der Waals surface area contributed by atoms with E-state index in [1.165, 1.54) is 0 Å². The first-order valence-corrected chi connectivity index (χ1v) is 6.86. The van der Waals surface area contributed by atoms with Gasteiger partial charge in [0.15, 0.2) is 5.82 Å². The van der Waals surface area contributed by atoms with Gasteiger partial charge in [0.05, 0.1) is 18.8 Å². The van der Waals surface area contributed by atoms with Crippen LogP contribution in [0.4, 0.5) is 5.82 Å². The molecule has 6 nitrogen and oxygen atoms in total. The monoisotopic (exact) mass is 264 g/mol. The van der Waals surface area contributed by atoms with Crippen molar-refractivity contribution in [2.75, 3.05) is 24.6 Å². The van der Waals surface area contributed by atoms with E-state index in [1.807, 2.05) is 16.4 Å². The summed E-state index contributed by atoms with van der Waals surface area (Å²) < 4.78 is 7.43. The lowest BCUT2D eigenvalue weighted by molar-refractivity contribution is 0.0278. The number of morpholine rings is 1. The Labute approximate surface area is 112 Å². The molecule has 2 unspecified atom stereocenters. The highest BCUT2D eigenvalue weighted by molar-refractivity contribution is 5.38. The van der Waals surface area contributed by atoms with E-state index in [0.717, 1.165) is 12.8 Å². The van der Waals surface area contributed by atoms with Crippen LogP contribution in [0.2, 0.25) is 0 Å². The molecule has 1 aliphatic heterocycles. The molecular weight excluding hydrogens is 244 g/mol. The highest BCUT2D eigenvalue weighted by Gasteiger charge is 2.30. The summed E-state index contributed by atoms with van der Waals surface area (Å²) >= 11 is 0. The van der Waals surface area contributed by atoms with Crippen molar-refractivity contribution in [1.29, 1.82) is 0 Å². The molecule has 1 aromatic heterocycles. The van der Waals surface area contributed by atoms with Gasteiger partial charge in [0.25, 0.3) is 5.56 Å². The van der Waals surface area contributed by atoms with Gasteiger partial charge in [-0.1, -0.05) is 0 Å². The van der Waals surface area contributed by atoms with Gasteiger partial charge in [-0.3, -0.25) is 4.79 Å². The minimum atomic E-state index is -0.0213. The van der Waals surface area contributed by atoms with Gasteiger partial charge < -0.3 is 19.9 Å². The molecule has 1 aliphatic carbocycles. The molecule has 0 bridgehead atoms. The summed E-state index contributed by atoms with van der Waals surface area (Å²) in [7, 11) is 0. The summed E-state index contributed by atoms with van der Waals surface area (Å²) in [6.45, 7) is 3.73. The minimum Gasteiger partial charge on any atom is -0.373 e. The Balaban J connectivity index is 1.91. The third-order valence-corrected chi connectivity index (χ3v) is 3.83. The summed E-state index contributed by atoms with van der Waals surface area (Å²) in [4.78, 5) is 18.8. The van der Waals surface area contributed by atoms with Crippen LogP contribution >= 0.6 is 0 Å². The third-order valence-electron chi connectivity index (χ3n) is 3.83. The van der Waals surface area contributed by atoms with Gasteiger partial charge in [0, 0.05) is 31.5 Å². The van der Waals surface area contributed by atoms with Gasteiger partial charge in [-0.05, 0) is 19.8 Å². The number of hydrogen-bond acceptors (Lipinski definition) is 5. The Hall–Kier alpha value is -1.40. The number of hydrogen-bond donors (Lipinski definition) is 1. The number of anilines is 1. The molecule has 1 saturated carbocycles. The van der Waals surface area contributed by atoms with Crippen molar-refractivity contribution in [2.24, 2.45) is 5.73 Å². The summed E-state index contributed by atoms with van der Waals surface area (Å²) in [5, 5.41) is 0. The molecule has 1 aromatic rings. The Morgan fingerprint density at radius 1 is 1.53 bits per heavy atom. The number of nitrogens with two attached hydrogens (primary N) is 1. The van der Waals surface area contributed by atoms with Crippen molar-refractivity contribution >= 4 is 5.82 Å². The molecule has 2 fully saturated rings. The molecule has 2 heterocycles. The van der Waals surface area contributed by atoms with E-state index >= 15 is 0 Å². The van der Waals surface area contributed by atoms with Crippen molar-refractivity contribution in [2.45, 2.75) is 38.0 Å². The van der Waals surface area contributed by atoms with Gasteiger partial charge in [-0.2, -0.15) is 0 Å². The van der Waals surface area contributed by atoms with Crippen molar-refractivity contribution in [1.82, 2.24) is 9.55 Å². The van der Waals surface area contributed by atoms with E-state index in [0.29, 0.717) is 31.6 Å². The third kappa shape index (κ3) is 2.37. The van der Waals surface area contributed by atoms with E-state index in [9.17, 15) is 4.79 Å². The lowest BCUT2D eigenvalue weighted by atomic mass is 10.2. The second-order valence-electron chi connectivity index (χ2n) is 5.39. The molecular formula is C13H20N4O2. The Morgan fingerprint density at radius 2 is 2.32 bits per heavy atom. The highest BCUT2D eigenvalue weighted by Crippen LogP contribution is 2.33. The quantitative estimate of drug-likeness (QED) is 0.840. The molecule has 19 heavy (non-hydrogen) atoms. The normalized spacial score (nSPS) is 27.6. The molecule has 0 amide bonds. The van der Waals surface area contributed by atoms with Crippen molar-refractivity contribution in [3.63, 3.8) is 0 Å². The standard InChI is InChI=1S/C13H20N4O2/c1-9-8-19-11(6-14)7-17(9)12-13(18)16(5-4-15-12)10-2-3-10/h4-5,9-11H,2-3,6-8,14H2,1H3. The molecule has 1 saturated heterocycles. The maximum Gasteiger partial charge on any atom is 0.293 e.